The number of furan rings is 1. The molecule has 188 valence electrons. The van der Waals surface area contributed by atoms with Gasteiger partial charge in [-0.05, 0) is 43.3 Å². The van der Waals surface area contributed by atoms with Crippen molar-refractivity contribution in [1.29, 1.82) is 0 Å². The fraction of sp³-hybridized carbons (Fsp3) is 0.409. The van der Waals surface area contributed by atoms with E-state index in [9.17, 15) is 22.8 Å². The van der Waals surface area contributed by atoms with Crippen LogP contribution in [-0.2, 0) is 29.1 Å². The molecule has 0 bridgehead atoms. The molecule has 2 aliphatic rings. The fourth-order valence-corrected chi connectivity index (χ4v) is 6.60. The van der Waals surface area contributed by atoms with Crippen LogP contribution in [-0.4, -0.2) is 57.0 Å². The number of rotatable bonds is 8. The van der Waals surface area contributed by atoms with Crippen molar-refractivity contribution in [3.63, 3.8) is 0 Å². The van der Waals surface area contributed by atoms with Crippen LogP contribution in [0.15, 0.2) is 55.8 Å². The Balaban J connectivity index is 1.43. The molecule has 1 fully saturated rings. The van der Waals surface area contributed by atoms with Crippen LogP contribution in [0.1, 0.15) is 31.6 Å². The van der Waals surface area contributed by atoms with Crippen molar-refractivity contribution >= 4 is 39.3 Å². The van der Waals surface area contributed by atoms with Crippen LogP contribution in [0.5, 0.6) is 0 Å². The number of carbonyl (C=O) groups is 3. The molecule has 2 aromatic heterocycles. The molecule has 13 heteroatoms. The lowest BCUT2D eigenvalue weighted by atomic mass is 9.98. The van der Waals surface area contributed by atoms with E-state index in [-0.39, 0.29) is 41.8 Å². The number of sulfonamides is 1. The number of hydrogen-bond acceptors (Lipinski definition) is 9. The number of esters is 2. The summed E-state index contributed by atoms with van der Waals surface area (Å²) in [5.74, 6) is -1.39. The minimum absolute atomic E-state index is 0.0751. The lowest BCUT2D eigenvalue weighted by Crippen LogP contribution is -2.47. The van der Waals surface area contributed by atoms with E-state index in [0.717, 1.165) is 11.3 Å². The van der Waals surface area contributed by atoms with Gasteiger partial charge in [0.05, 0.1) is 30.1 Å². The van der Waals surface area contributed by atoms with Crippen LogP contribution in [0.4, 0.5) is 4.79 Å². The number of nitrogens with zero attached hydrogens (tertiary/aromatic N) is 1. The van der Waals surface area contributed by atoms with Crippen molar-refractivity contribution < 1.29 is 36.7 Å². The van der Waals surface area contributed by atoms with Gasteiger partial charge in [-0.1, -0.05) is 6.07 Å². The van der Waals surface area contributed by atoms with E-state index in [0.29, 0.717) is 18.6 Å². The minimum Gasteiger partial charge on any atom is -0.467 e. The predicted octanol–water partition coefficient (Wildman–Crippen LogP) is 2.16. The first kappa shape index (κ1) is 24.9. The Hall–Kier alpha value is -3.16. The molecule has 2 amide bonds. The van der Waals surface area contributed by atoms with E-state index in [4.69, 9.17) is 13.9 Å². The Bertz CT molecular complexity index is 1200. The van der Waals surface area contributed by atoms with Gasteiger partial charge in [-0.25, -0.2) is 18.0 Å². The molecule has 1 saturated heterocycles. The van der Waals surface area contributed by atoms with Crippen LogP contribution in [0.25, 0.3) is 0 Å². The van der Waals surface area contributed by atoms with Gasteiger partial charge in [0.25, 0.3) is 10.0 Å². The van der Waals surface area contributed by atoms with Crippen molar-refractivity contribution in [2.24, 2.45) is 5.92 Å². The standard InChI is InChI=1S/C22H25N3O8S2/c1-2-31-21(27)18-15(23-22(28)24-19(18)16-5-3-11-32-16)13-33-20(26)14-7-9-25(10-8-14)35(29,30)17-6-4-12-34-17/h3-6,11-12,14,19H,2,7-10,13H2,1H3,(H2,23,24,28). The molecule has 0 saturated carbocycles. The number of ether oxygens (including phenoxy) is 2. The average molecular weight is 524 g/mol. The van der Waals surface area contributed by atoms with Crippen molar-refractivity contribution in [3.05, 3.63) is 52.9 Å². The van der Waals surface area contributed by atoms with Crippen molar-refractivity contribution in [2.45, 2.75) is 30.0 Å². The molecular weight excluding hydrogens is 498 g/mol. The Labute approximate surface area is 206 Å². The SMILES string of the molecule is CCOC(=O)C1=C(COC(=O)C2CCN(S(=O)(=O)c3cccs3)CC2)NC(=O)NC1c1ccco1. The van der Waals surface area contributed by atoms with E-state index in [1.54, 1.807) is 36.6 Å². The second-order valence-electron chi connectivity index (χ2n) is 7.88. The van der Waals surface area contributed by atoms with E-state index in [2.05, 4.69) is 10.6 Å². The summed E-state index contributed by atoms with van der Waals surface area (Å²) in [5, 5.41) is 6.84. The van der Waals surface area contributed by atoms with E-state index in [1.807, 2.05) is 0 Å². The zero-order chi connectivity index (χ0) is 25.0. The van der Waals surface area contributed by atoms with Gasteiger partial charge in [0.2, 0.25) is 0 Å². The highest BCUT2D eigenvalue weighted by Crippen LogP contribution is 2.29. The largest absolute Gasteiger partial charge is 0.467 e. The summed E-state index contributed by atoms with van der Waals surface area (Å²) in [6.45, 7) is 1.79. The third-order valence-electron chi connectivity index (χ3n) is 5.71. The van der Waals surface area contributed by atoms with Gasteiger partial charge in [0, 0.05) is 13.1 Å². The van der Waals surface area contributed by atoms with Crippen LogP contribution >= 0.6 is 11.3 Å². The van der Waals surface area contributed by atoms with Crippen LogP contribution in [0, 0.1) is 5.92 Å². The Morgan fingerprint density at radius 1 is 1.20 bits per heavy atom. The maximum absolute atomic E-state index is 12.7. The van der Waals surface area contributed by atoms with Gasteiger partial charge in [-0.2, -0.15) is 4.31 Å². The maximum Gasteiger partial charge on any atom is 0.338 e. The predicted molar refractivity (Wildman–Crippen MR) is 124 cm³/mol. The lowest BCUT2D eigenvalue weighted by Gasteiger charge is -2.30. The summed E-state index contributed by atoms with van der Waals surface area (Å²) >= 11 is 1.15. The number of carbonyl (C=O) groups excluding carboxylic acids is 3. The summed E-state index contributed by atoms with van der Waals surface area (Å²) < 4.78 is 43.0. The average Bonchev–Trinajstić information content (AvgIpc) is 3.57. The highest BCUT2D eigenvalue weighted by Gasteiger charge is 2.37. The molecule has 0 radical (unpaired) electrons. The first-order valence-electron chi connectivity index (χ1n) is 11.0. The molecule has 1 unspecified atom stereocenters. The molecule has 0 aliphatic carbocycles. The number of urea groups is 1. The zero-order valence-corrected chi connectivity index (χ0v) is 20.5. The molecule has 0 spiro atoms. The second-order valence-corrected chi connectivity index (χ2v) is 11.0. The third-order valence-corrected chi connectivity index (χ3v) is 8.98. The minimum atomic E-state index is -3.58. The Morgan fingerprint density at radius 3 is 2.60 bits per heavy atom. The number of thiophene rings is 1. The summed E-state index contributed by atoms with van der Waals surface area (Å²) in [6, 6.07) is 4.97. The Kier molecular flexibility index (Phi) is 7.57. The summed E-state index contributed by atoms with van der Waals surface area (Å²) in [6.07, 6.45) is 2.02. The van der Waals surface area contributed by atoms with Gasteiger partial charge in [0.15, 0.2) is 0 Å². The number of hydrogen-bond donors (Lipinski definition) is 2. The van der Waals surface area contributed by atoms with Crippen LogP contribution < -0.4 is 10.6 Å². The summed E-state index contributed by atoms with van der Waals surface area (Å²) in [5.41, 5.74) is 0.172. The molecule has 1 atom stereocenters. The first-order chi connectivity index (χ1) is 16.8. The van der Waals surface area contributed by atoms with E-state index in [1.165, 1.54) is 10.6 Å². The maximum atomic E-state index is 12.7. The van der Waals surface area contributed by atoms with Crippen LogP contribution in [0.2, 0.25) is 0 Å². The van der Waals surface area contributed by atoms with Gasteiger partial charge < -0.3 is 24.5 Å². The third kappa shape index (κ3) is 5.41. The topological polar surface area (TPSA) is 144 Å². The second kappa shape index (κ2) is 10.6. The zero-order valence-electron chi connectivity index (χ0n) is 18.9. The summed E-state index contributed by atoms with van der Waals surface area (Å²) in [4.78, 5) is 37.7. The number of amides is 2. The fourth-order valence-electron chi connectivity index (χ4n) is 3.98. The monoisotopic (exact) mass is 523 g/mol. The quantitative estimate of drug-likeness (QED) is 0.501. The molecular formula is C22H25N3O8S2. The molecule has 4 rings (SSSR count). The summed E-state index contributed by atoms with van der Waals surface area (Å²) in [7, 11) is -3.58. The van der Waals surface area contributed by atoms with E-state index < -0.39 is 40.0 Å². The van der Waals surface area contributed by atoms with Crippen LogP contribution in [0.3, 0.4) is 0 Å². The molecule has 0 aromatic carbocycles. The number of nitrogens with one attached hydrogen (secondary N) is 2. The lowest BCUT2D eigenvalue weighted by molar-refractivity contribution is -0.149. The molecule has 35 heavy (non-hydrogen) atoms. The van der Waals surface area contributed by atoms with Gasteiger partial charge in [-0.3, -0.25) is 4.79 Å². The molecule has 2 aromatic rings. The smallest absolute Gasteiger partial charge is 0.338 e. The highest BCUT2D eigenvalue weighted by molar-refractivity contribution is 7.91. The molecule has 4 heterocycles. The molecule has 11 nitrogen and oxygen atoms in total. The normalized spacial score (nSPS) is 19.7. The van der Waals surface area contributed by atoms with Crippen molar-refractivity contribution in [3.8, 4) is 0 Å². The van der Waals surface area contributed by atoms with Gasteiger partial charge in [0.1, 0.15) is 22.6 Å². The molecule has 2 N–H and O–H groups in total. The van der Waals surface area contributed by atoms with Crippen molar-refractivity contribution in [2.75, 3.05) is 26.3 Å². The highest BCUT2D eigenvalue weighted by atomic mass is 32.2. The van der Waals surface area contributed by atoms with Crippen molar-refractivity contribution in [1.82, 2.24) is 14.9 Å². The van der Waals surface area contributed by atoms with E-state index >= 15 is 0 Å². The Morgan fingerprint density at radius 2 is 1.97 bits per heavy atom. The first-order valence-corrected chi connectivity index (χ1v) is 13.3. The van der Waals surface area contributed by atoms with Gasteiger partial charge >= 0.3 is 18.0 Å². The molecule has 2 aliphatic heterocycles. The number of piperidine rings is 1. The van der Waals surface area contributed by atoms with Gasteiger partial charge in [-0.15, -0.1) is 11.3 Å².